The van der Waals surface area contributed by atoms with Crippen LogP contribution < -0.4 is 10.1 Å². The van der Waals surface area contributed by atoms with E-state index in [9.17, 15) is 18.7 Å². The SMILES string of the molecule is O=C(N[C@@H]1CCN(Cc2ccc(OC(F)F)cc2)C[C@H]1O)c1ccccn1. The molecule has 3 rings (SSSR count). The number of aliphatic hydroxyl groups is 1. The van der Waals surface area contributed by atoms with E-state index in [0.717, 1.165) is 5.56 Å². The number of nitrogens with one attached hydrogen (secondary N) is 1. The number of piperidine rings is 1. The van der Waals surface area contributed by atoms with Gasteiger partial charge in [0.05, 0.1) is 12.1 Å². The van der Waals surface area contributed by atoms with E-state index in [1.54, 1.807) is 36.5 Å². The zero-order valence-corrected chi connectivity index (χ0v) is 14.6. The molecule has 8 heteroatoms. The Bertz CT molecular complexity index is 744. The summed E-state index contributed by atoms with van der Waals surface area (Å²) in [6.07, 6.45) is 1.45. The molecule has 2 N–H and O–H groups in total. The molecule has 2 atom stereocenters. The van der Waals surface area contributed by atoms with Crippen LogP contribution in [0.15, 0.2) is 48.7 Å². The number of β-amino-alcohol motifs (C(OH)–C–C–N with tert-alkyl or cyclic N) is 1. The summed E-state index contributed by atoms with van der Waals surface area (Å²) in [6.45, 7) is -1.17. The maximum atomic E-state index is 12.2. The first-order valence-corrected chi connectivity index (χ1v) is 8.67. The number of carbonyl (C=O) groups excluding carboxylic acids is 1. The molecular weight excluding hydrogens is 356 g/mol. The predicted octanol–water partition coefficient (Wildman–Crippen LogP) is 2.05. The molecule has 0 bridgehead atoms. The zero-order valence-electron chi connectivity index (χ0n) is 14.6. The Morgan fingerprint density at radius 2 is 2.07 bits per heavy atom. The standard InChI is InChI=1S/C19H21F2N3O3/c20-19(21)27-14-6-4-13(5-7-14)11-24-10-8-15(17(25)12-24)23-18(26)16-3-1-2-9-22-16/h1-7,9,15,17,19,25H,8,10-12H2,(H,23,26)/t15-,17-/m1/s1. The van der Waals surface area contributed by atoms with Crippen molar-refractivity contribution < 1.29 is 23.4 Å². The molecule has 2 heterocycles. The molecule has 0 unspecified atom stereocenters. The smallest absolute Gasteiger partial charge is 0.387 e. The minimum atomic E-state index is -2.84. The van der Waals surface area contributed by atoms with E-state index in [2.05, 4.69) is 19.9 Å². The lowest BCUT2D eigenvalue weighted by atomic mass is 10.0. The first-order chi connectivity index (χ1) is 13.0. The number of aromatic nitrogens is 1. The maximum absolute atomic E-state index is 12.2. The van der Waals surface area contributed by atoms with Gasteiger partial charge in [0.2, 0.25) is 0 Å². The molecule has 0 aliphatic carbocycles. The first kappa shape index (κ1) is 19.2. The van der Waals surface area contributed by atoms with Gasteiger partial charge in [0.1, 0.15) is 11.4 Å². The number of nitrogens with zero attached hydrogens (tertiary/aromatic N) is 2. The summed E-state index contributed by atoms with van der Waals surface area (Å²) in [7, 11) is 0. The molecule has 6 nitrogen and oxygen atoms in total. The van der Waals surface area contributed by atoms with Crippen molar-refractivity contribution in [2.24, 2.45) is 0 Å². The number of hydrogen-bond acceptors (Lipinski definition) is 5. The molecule has 1 amide bonds. The maximum Gasteiger partial charge on any atom is 0.387 e. The number of aliphatic hydroxyl groups excluding tert-OH is 1. The van der Waals surface area contributed by atoms with Gasteiger partial charge in [-0.25, -0.2) is 0 Å². The van der Waals surface area contributed by atoms with Crippen LogP contribution in [0.1, 0.15) is 22.5 Å². The fourth-order valence-electron chi connectivity index (χ4n) is 3.08. The van der Waals surface area contributed by atoms with Crippen LogP contribution in [-0.2, 0) is 6.54 Å². The van der Waals surface area contributed by atoms with Crippen LogP contribution >= 0.6 is 0 Å². The van der Waals surface area contributed by atoms with Crippen molar-refractivity contribution in [2.75, 3.05) is 13.1 Å². The number of amides is 1. The Labute approximate surface area is 155 Å². The van der Waals surface area contributed by atoms with Crippen molar-refractivity contribution in [1.29, 1.82) is 0 Å². The topological polar surface area (TPSA) is 74.7 Å². The van der Waals surface area contributed by atoms with Crippen LogP contribution in [0.2, 0.25) is 0 Å². The van der Waals surface area contributed by atoms with E-state index in [1.807, 2.05) is 0 Å². The summed E-state index contributed by atoms with van der Waals surface area (Å²) in [6, 6.07) is 11.2. The molecule has 144 valence electrons. The third-order valence-corrected chi connectivity index (χ3v) is 4.43. The molecule has 0 radical (unpaired) electrons. The third kappa shape index (κ3) is 5.45. The molecule has 0 spiro atoms. The fourth-order valence-corrected chi connectivity index (χ4v) is 3.08. The van der Waals surface area contributed by atoms with E-state index in [-0.39, 0.29) is 17.7 Å². The number of alkyl halides is 2. The van der Waals surface area contributed by atoms with E-state index >= 15 is 0 Å². The van der Waals surface area contributed by atoms with Gasteiger partial charge in [-0.1, -0.05) is 18.2 Å². The number of likely N-dealkylation sites (tertiary alicyclic amines) is 1. The van der Waals surface area contributed by atoms with Gasteiger partial charge in [0, 0.05) is 25.8 Å². The van der Waals surface area contributed by atoms with E-state index in [0.29, 0.717) is 31.7 Å². The Morgan fingerprint density at radius 3 is 2.70 bits per heavy atom. The highest BCUT2D eigenvalue weighted by Gasteiger charge is 2.29. The lowest BCUT2D eigenvalue weighted by molar-refractivity contribution is -0.0498. The predicted molar refractivity (Wildman–Crippen MR) is 94.5 cm³/mol. The summed E-state index contributed by atoms with van der Waals surface area (Å²) in [5.41, 5.74) is 1.25. The number of halogens is 2. The second-order valence-electron chi connectivity index (χ2n) is 6.41. The van der Waals surface area contributed by atoms with Crippen molar-refractivity contribution in [2.45, 2.75) is 31.7 Å². The van der Waals surface area contributed by atoms with Crippen molar-refractivity contribution in [3.63, 3.8) is 0 Å². The van der Waals surface area contributed by atoms with E-state index < -0.39 is 12.7 Å². The number of rotatable bonds is 6. The highest BCUT2D eigenvalue weighted by atomic mass is 19.3. The van der Waals surface area contributed by atoms with Crippen molar-refractivity contribution >= 4 is 5.91 Å². The fraction of sp³-hybridized carbons (Fsp3) is 0.368. The quantitative estimate of drug-likeness (QED) is 0.806. The number of carbonyl (C=O) groups is 1. The lowest BCUT2D eigenvalue weighted by Crippen LogP contribution is -2.53. The molecular formula is C19H21F2N3O3. The Kier molecular flexibility index (Phi) is 6.31. The molecule has 1 aliphatic rings. The number of hydrogen-bond donors (Lipinski definition) is 2. The van der Waals surface area contributed by atoms with Gasteiger partial charge in [-0.3, -0.25) is 14.7 Å². The third-order valence-electron chi connectivity index (χ3n) is 4.43. The molecule has 27 heavy (non-hydrogen) atoms. The highest BCUT2D eigenvalue weighted by Crippen LogP contribution is 2.18. The van der Waals surface area contributed by atoms with Crippen LogP contribution in [0.4, 0.5) is 8.78 Å². The molecule has 0 saturated carbocycles. The first-order valence-electron chi connectivity index (χ1n) is 8.67. The van der Waals surface area contributed by atoms with Crippen LogP contribution in [0, 0.1) is 0 Å². The molecule has 1 aromatic carbocycles. The van der Waals surface area contributed by atoms with Gasteiger partial charge < -0.3 is 15.2 Å². The summed E-state index contributed by atoms with van der Waals surface area (Å²) < 4.78 is 28.7. The van der Waals surface area contributed by atoms with Crippen molar-refractivity contribution in [3.05, 3.63) is 59.9 Å². The minimum absolute atomic E-state index is 0.115. The Hall–Kier alpha value is -2.58. The Balaban J connectivity index is 1.50. The summed E-state index contributed by atoms with van der Waals surface area (Å²) in [4.78, 5) is 18.2. The number of ether oxygens (including phenoxy) is 1. The average Bonchev–Trinajstić information content (AvgIpc) is 2.66. The van der Waals surface area contributed by atoms with E-state index in [1.165, 1.54) is 12.1 Å². The second kappa shape index (κ2) is 8.88. The molecule has 1 saturated heterocycles. The van der Waals surface area contributed by atoms with Crippen molar-refractivity contribution in [3.8, 4) is 5.75 Å². The van der Waals surface area contributed by atoms with Gasteiger partial charge in [-0.05, 0) is 36.2 Å². The molecule has 1 fully saturated rings. The highest BCUT2D eigenvalue weighted by molar-refractivity contribution is 5.92. The summed E-state index contributed by atoms with van der Waals surface area (Å²) in [5, 5.41) is 13.2. The molecule has 2 aromatic rings. The van der Waals surface area contributed by atoms with Gasteiger partial charge in [-0.15, -0.1) is 0 Å². The summed E-state index contributed by atoms with van der Waals surface area (Å²) in [5.74, 6) is -0.188. The van der Waals surface area contributed by atoms with Crippen LogP contribution in [0.25, 0.3) is 0 Å². The second-order valence-corrected chi connectivity index (χ2v) is 6.41. The van der Waals surface area contributed by atoms with Crippen molar-refractivity contribution in [1.82, 2.24) is 15.2 Å². The van der Waals surface area contributed by atoms with Crippen LogP contribution in [0.5, 0.6) is 5.75 Å². The lowest BCUT2D eigenvalue weighted by Gasteiger charge is -2.36. The largest absolute Gasteiger partial charge is 0.435 e. The van der Waals surface area contributed by atoms with Gasteiger partial charge in [0.15, 0.2) is 0 Å². The van der Waals surface area contributed by atoms with Crippen LogP contribution in [-0.4, -0.2) is 52.7 Å². The average molecular weight is 377 g/mol. The van der Waals surface area contributed by atoms with Gasteiger partial charge >= 0.3 is 6.61 Å². The van der Waals surface area contributed by atoms with Crippen LogP contribution in [0.3, 0.4) is 0 Å². The van der Waals surface area contributed by atoms with Gasteiger partial charge in [-0.2, -0.15) is 8.78 Å². The number of pyridine rings is 1. The minimum Gasteiger partial charge on any atom is -0.435 e. The monoisotopic (exact) mass is 377 g/mol. The Morgan fingerprint density at radius 1 is 1.30 bits per heavy atom. The zero-order chi connectivity index (χ0) is 19.2. The van der Waals surface area contributed by atoms with E-state index in [4.69, 9.17) is 0 Å². The normalized spacial score (nSPS) is 20.4. The summed E-state index contributed by atoms with van der Waals surface area (Å²) >= 11 is 0. The number of benzene rings is 1. The van der Waals surface area contributed by atoms with Gasteiger partial charge in [0.25, 0.3) is 5.91 Å². The molecule has 1 aliphatic heterocycles. The molecule has 1 aromatic heterocycles.